The first-order chi connectivity index (χ1) is 9.33. The third-order valence-electron chi connectivity index (χ3n) is 3.40. The van der Waals surface area contributed by atoms with Crippen LogP contribution < -0.4 is 5.32 Å². The van der Waals surface area contributed by atoms with E-state index in [0.29, 0.717) is 18.1 Å². The first-order valence-corrected chi connectivity index (χ1v) is 7.00. The fourth-order valence-corrected chi connectivity index (χ4v) is 2.56. The summed E-state index contributed by atoms with van der Waals surface area (Å²) in [6.07, 6.45) is 4.10. The first-order valence-electron chi connectivity index (χ1n) is 6.62. The Kier molecular flexibility index (Phi) is 3.80. The van der Waals surface area contributed by atoms with Gasteiger partial charge in [-0.05, 0) is 31.0 Å². The van der Waals surface area contributed by atoms with Crippen molar-refractivity contribution < 1.29 is 4.52 Å². The summed E-state index contributed by atoms with van der Waals surface area (Å²) in [4.78, 5) is 4.47. The van der Waals surface area contributed by atoms with E-state index in [1.54, 1.807) is 0 Å². The van der Waals surface area contributed by atoms with Gasteiger partial charge in [0, 0.05) is 11.4 Å². The van der Waals surface area contributed by atoms with Crippen molar-refractivity contribution in [2.45, 2.75) is 31.7 Å². The molecule has 4 nitrogen and oxygen atoms in total. The molecule has 1 fully saturated rings. The minimum Gasteiger partial charge on any atom is -0.338 e. The van der Waals surface area contributed by atoms with Crippen LogP contribution in [0.2, 0.25) is 5.02 Å². The van der Waals surface area contributed by atoms with Crippen LogP contribution in [-0.2, 0) is 6.42 Å². The summed E-state index contributed by atoms with van der Waals surface area (Å²) in [5, 5.41) is 8.19. The summed E-state index contributed by atoms with van der Waals surface area (Å²) in [7, 11) is 0. The lowest BCUT2D eigenvalue weighted by atomic mass is 10.1. The minimum absolute atomic E-state index is 0.209. The Hall–Kier alpha value is -1.39. The smallest absolute Gasteiger partial charge is 0.243 e. The zero-order valence-corrected chi connectivity index (χ0v) is 11.4. The number of benzene rings is 1. The Balaban J connectivity index is 1.73. The molecule has 0 spiro atoms. The van der Waals surface area contributed by atoms with Crippen LogP contribution in [0, 0.1) is 0 Å². The molecule has 5 heteroatoms. The van der Waals surface area contributed by atoms with Gasteiger partial charge in [-0.15, -0.1) is 0 Å². The average Bonchev–Trinajstić information content (AvgIpc) is 2.91. The molecule has 0 amide bonds. The van der Waals surface area contributed by atoms with Gasteiger partial charge in [0.15, 0.2) is 5.82 Å². The van der Waals surface area contributed by atoms with Crippen molar-refractivity contribution in [1.82, 2.24) is 15.5 Å². The van der Waals surface area contributed by atoms with Crippen molar-refractivity contribution in [3.8, 4) is 0 Å². The quantitative estimate of drug-likeness (QED) is 0.936. The second kappa shape index (κ2) is 5.72. The number of aromatic nitrogens is 2. The van der Waals surface area contributed by atoms with Crippen LogP contribution in [0.1, 0.15) is 42.6 Å². The number of hydrogen-bond acceptors (Lipinski definition) is 4. The van der Waals surface area contributed by atoms with Gasteiger partial charge in [-0.1, -0.05) is 41.4 Å². The van der Waals surface area contributed by atoms with Crippen molar-refractivity contribution >= 4 is 11.6 Å². The first kappa shape index (κ1) is 12.6. The predicted octanol–water partition coefficient (Wildman–Crippen LogP) is 3.13. The number of nitrogens with one attached hydrogen (secondary N) is 1. The molecule has 1 aromatic heterocycles. The van der Waals surface area contributed by atoms with E-state index in [1.807, 2.05) is 24.3 Å². The Morgan fingerprint density at radius 1 is 1.32 bits per heavy atom. The molecule has 2 aromatic rings. The summed E-state index contributed by atoms with van der Waals surface area (Å²) < 4.78 is 5.35. The molecule has 19 heavy (non-hydrogen) atoms. The molecule has 1 aromatic carbocycles. The summed E-state index contributed by atoms with van der Waals surface area (Å²) in [6.45, 7) is 1.02. The Morgan fingerprint density at radius 2 is 2.21 bits per heavy atom. The zero-order valence-electron chi connectivity index (χ0n) is 10.6. The topological polar surface area (TPSA) is 51.0 Å². The lowest BCUT2D eigenvalue weighted by Gasteiger charge is -2.19. The predicted molar refractivity (Wildman–Crippen MR) is 73.2 cm³/mol. The number of piperidine rings is 1. The van der Waals surface area contributed by atoms with Gasteiger partial charge in [0.05, 0.1) is 6.04 Å². The third kappa shape index (κ3) is 2.96. The molecule has 0 aliphatic carbocycles. The molecule has 1 saturated heterocycles. The van der Waals surface area contributed by atoms with Crippen LogP contribution in [-0.4, -0.2) is 16.7 Å². The van der Waals surface area contributed by atoms with E-state index in [2.05, 4.69) is 15.5 Å². The maximum absolute atomic E-state index is 6.13. The fourth-order valence-electron chi connectivity index (χ4n) is 2.36. The number of nitrogens with zero attached hydrogens (tertiary/aromatic N) is 2. The normalized spacial score (nSPS) is 19.5. The Labute approximate surface area is 117 Å². The van der Waals surface area contributed by atoms with Gasteiger partial charge < -0.3 is 9.84 Å². The van der Waals surface area contributed by atoms with Crippen LogP contribution in [0.25, 0.3) is 0 Å². The van der Waals surface area contributed by atoms with Crippen molar-refractivity contribution in [2.75, 3.05) is 6.54 Å². The summed E-state index contributed by atoms with van der Waals surface area (Å²) in [5.74, 6) is 1.39. The Bertz CT molecular complexity index is 549. The van der Waals surface area contributed by atoms with Gasteiger partial charge in [0.1, 0.15) is 0 Å². The molecule has 3 rings (SSSR count). The molecule has 1 unspecified atom stereocenters. The largest absolute Gasteiger partial charge is 0.338 e. The minimum atomic E-state index is 0.209. The van der Waals surface area contributed by atoms with Crippen molar-refractivity contribution in [1.29, 1.82) is 0 Å². The molecule has 1 aliphatic heterocycles. The maximum Gasteiger partial charge on any atom is 0.243 e. The standard InChI is InChI=1S/C14H16ClN3O/c15-11-6-2-1-5-10(11)9-13-17-14(19-18-13)12-7-3-4-8-16-12/h1-2,5-6,12,16H,3-4,7-9H2. The molecular weight excluding hydrogens is 262 g/mol. The molecule has 100 valence electrons. The third-order valence-corrected chi connectivity index (χ3v) is 3.77. The van der Waals surface area contributed by atoms with E-state index >= 15 is 0 Å². The molecule has 1 N–H and O–H groups in total. The highest BCUT2D eigenvalue weighted by atomic mass is 35.5. The van der Waals surface area contributed by atoms with Gasteiger partial charge >= 0.3 is 0 Å². The summed E-state index contributed by atoms with van der Waals surface area (Å²) in [6, 6.07) is 7.95. The van der Waals surface area contributed by atoms with Crippen LogP contribution in [0.5, 0.6) is 0 Å². The van der Waals surface area contributed by atoms with E-state index in [-0.39, 0.29) is 6.04 Å². The second-order valence-electron chi connectivity index (χ2n) is 4.82. The summed E-state index contributed by atoms with van der Waals surface area (Å²) >= 11 is 6.13. The van der Waals surface area contributed by atoms with Gasteiger partial charge in [0.2, 0.25) is 5.89 Å². The average molecular weight is 278 g/mol. The molecule has 0 bridgehead atoms. The van der Waals surface area contributed by atoms with E-state index < -0.39 is 0 Å². The maximum atomic E-state index is 6.13. The van der Waals surface area contributed by atoms with Crippen LogP contribution in [0.15, 0.2) is 28.8 Å². The van der Waals surface area contributed by atoms with Gasteiger partial charge in [-0.3, -0.25) is 0 Å². The molecule has 0 saturated carbocycles. The molecular formula is C14H16ClN3O. The lowest BCUT2D eigenvalue weighted by molar-refractivity contribution is 0.296. The van der Waals surface area contributed by atoms with Crippen molar-refractivity contribution in [3.63, 3.8) is 0 Å². The van der Waals surface area contributed by atoms with E-state index in [0.717, 1.165) is 23.6 Å². The fraction of sp³-hybridized carbons (Fsp3) is 0.429. The molecule has 2 heterocycles. The Morgan fingerprint density at radius 3 is 3.00 bits per heavy atom. The number of hydrogen-bond donors (Lipinski definition) is 1. The molecule has 1 aliphatic rings. The monoisotopic (exact) mass is 277 g/mol. The molecule has 1 atom stereocenters. The van der Waals surface area contributed by atoms with E-state index in [9.17, 15) is 0 Å². The lowest BCUT2D eigenvalue weighted by Crippen LogP contribution is -2.27. The molecule has 0 radical (unpaired) electrons. The zero-order chi connectivity index (χ0) is 13.1. The summed E-state index contributed by atoms with van der Waals surface area (Å²) in [5.41, 5.74) is 1.02. The van der Waals surface area contributed by atoms with Crippen molar-refractivity contribution in [2.24, 2.45) is 0 Å². The van der Waals surface area contributed by atoms with Crippen LogP contribution >= 0.6 is 11.6 Å². The highest BCUT2D eigenvalue weighted by Gasteiger charge is 2.21. The van der Waals surface area contributed by atoms with Gasteiger partial charge in [0.25, 0.3) is 0 Å². The van der Waals surface area contributed by atoms with Crippen LogP contribution in [0.3, 0.4) is 0 Å². The highest BCUT2D eigenvalue weighted by Crippen LogP contribution is 2.22. The highest BCUT2D eigenvalue weighted by molar-refractivity contribution is 6.31. The van der Waals surface area contributed by atoms with E-state index in [1.165, 1.54) is 12.8 Å². The second-order valence-corrected chi connectivity index (χ2v) is 5.23. The van der Waals surface area contributed by atoms with Gasteiger partial charge in [-0.25, -0.2) is 0 Å². The SMILES string of the molecule is Clc1ccccc1Cc1noc(C2CCCCN2)n1. The number of rotatable bonds is 3. The van der Waals surface area contributed by atoms with E-state index in [4.69, 9.17) is 16.1 Å². The van der Waals surface area contributed by atoms with Crippen molar-refractivity contribution in [3.05, 3.63) is 46.6 Å². The van der Waals surface area contributed by atoms with Crippen LogP contribution in [0.4, 0.5) is 0 Å². The van der Waals surface area contributed by atoms with Gasteiger partial charge in [-0.2, -0.15) is 4.98 Å². The number of halogens is 1.